The number of hydrogen-bond donors (Lipinski definition) is 2. The number of carbonyl (C=O) groups is 2. The van der Waals surface area contributed by atoms with Crippen LogP contribution in [-0.2, 0) is 9.59 Å². The zero-order valence-electron chi connectivity index (χ0n) is 16.5. The number of likely N-dealkylation sites (tertiary alicyclic amines) is 1. The van der Waals surface area contributed by atoms with E-state index in [9.17, 15) is 9.59 Å². The second-order valence-corrected chi connectivity index (χ2v) is 8.16. The first-order valence-corrected chi connectivity index (χ1v) is 10.5. The normalized spacial score (nSPS) is 21.5. The Morgan fingerprint density at radius 2 is 1.78 bits per heavy atom. The van der Waals surface area contributed by atoms with E-state index >= 15 is 0 Å². The Balaban J connectivity index is 1.52. The highest BCUT2D eigenvalue weighted by Crippen LogP contribution is 2.27. The minimum atomic E-state index is -0.689. The zero-order valence-corrected chi connectivity index (χ0v) is 16.5. The highest BCUT2D eigenvalue weighted by Gasteiger charge is 2.37. The van der Waals surface area contributed by atoms with Gasteiger partial charge in [-0.25, -0.2) is 0 Å². The zero-order chi connectivity index (χ0) is 19.3. The summed E-state index contributed by atoms with van der Waals surface area (Å²) in [7, 11) is 0. The molecule has 1 saturated heterocycles. The van der Waals surface area contributed by atoms with Crippen LogP contribution >= 0.6 is 0 Å². The Bertz CT molecular complexity index is 632. The molecule has 2 aliphatic rings. The number of nitrogens with one attached hydrogen (secondary N) is 1. The monoisotopic (exact) mass is 371 g/mol. The first-order valence-electron chi connectivity index (χ1n) is 10.5. The van der Waals surface area contributed by atoms with E-state index in [1.54, 1.807) is 0 Å². The van der Waals surface area contributed by atoms with Crippen LogP contribution in [-0.4, -0.2) is 41.4 Å². The van der Waals surface area contributed by atoms with Gasteiger partial charge in [0.05, 0.1) is 11.5 Å². The summed E-state index contributed by atoms with van der Waals surface area (Å²) in [6.07, 6.45) is 7.22. The Labute approximate surface area is 162 Å². The molecule has 1 heterocycles. The maximum Gasteiger partial charge on any atom is 0.240 e. The maximum atomic E-state index is 13.0. The van der Waals surface area contributed by atoms with Crippen LogP contribution < -0.4 is 11.1 Å². The summed E-state index contributed by atoms with van der Waals surface area (Å²) in [6.45, 7) is 3.46. The molecule has 5 heteroatoms. The second kappa shape index (κ2) is 8.87. The van der Waals surface area contributed by atoms with E-state index in [4.69, 9.17) is 5.73 Å². The van der Waals surface area contributed by atoms with Crippen molar-refractivity contribution in [1.82, 2.24) is 10.2 Å². The van der Waals surface area contributed by atoms with Gasteiger partial charge in [-0.1, -0.05) is 56.5 Å². The summed E-state index contributed by atoms with van der Waals surface area (Å²) >= 11 is 0. The molecule has 1 aromatic carbocycles. The fraction of sp³-hybridized carbons (Fsp3) is 0.636. The van der Waals surface area contributed by atoms with Crippen molar-refractivity contribution in [2.24, 2.45) is 5.73 Å². The number of hydrogen-bond acceptors (Lipinski definition) is 3. The smallest absolute Gasteiger partial charge is 0.240 e. The van der Waals surface area contributed by atoms with Crippen molar-refractivity contribution in [1.29, 1.82) is 0 Å². The molecule has 1 aromatic rings. The topological polar surface area (TPSA) is 75.4 Å². The highest BCUT2D eigenvalue weighted by molar-refractivity contribution is 5.86. The van der Waals surface area contributed by atoms with E-state index in [1.165, 1.54) is 6.42 Å². The van der Waals surface area contributed by atoms with E-state index in [0.29, 0.717) is 13.1 Å². The lowest BCUT2D eigenvalue weighted by Crippen LogP contribution is -2.58. The van der Waals surface area contributed by atoms with Crippen LogP contribution in [0.25, 0.3) is 0 Å². The Kier molecular flexibility index (Phi) is 6.53. The summed E-state index contributed by atoms with van der Waals surface area (Å²) in [6, 6.07) is 10.1. The SMILES string of the molecule is CCC(C(=O)N1CCC(NC(=O)C2(N)CCCCC2)CC1)c1ccccc1. The quantitative estimate of drug-likeness (QED) is 0.835. The van der Waals surface area contributed by atoms with Gasteiger partial charge in [-0.05, 0) is 37.7 Å². The molecule has 3 rings (SSSR count). The standard InChI is InChI=1S/C22H33N3O2/c1-2-19(17-9-5-3-6-10-17)20(26)25-15-11-18(12-16-25)24-21(27)22(23)13-7-4-8-14-22/h3,5-6,9-10,18-19H,2,4,7-8,11-16,23H2,1H3,(H,24,27). The van der Waals surface area contributed by atoms with Crippen molar-refractivity contribution in [3.05, 3.63) is 35.9 Å². The molecular weight excluding hydrogens is 338 g/mol. The Morgan fingerprint density at radius 1 is 1.15 bits per heavy atom. The van der Waals surface area contributed by atoms with Crippen LogP contribution in [0.1, 0.15) is 69.8 Å². The fourth-order valence-corrected chi connectivity index (χ4v) is 4.44. The molecule has 1 aliphatic carbocycles. The van der Waals surface area contributed by atoms with Crippen LogP contribution in [0.3, 0.4) is 0 Å². The lowest BCUT2D eigenvalue weighted by Gasteiger charge is -2.37. The lowest BCUT2D eigenvalue weighted by atomic mass is 9.81. The molecule has 148 valence electrons. The molecule has 2 fully saturated rings. The molecule has 3 N–H and O–H groups in total. The van der Waals surface area contributed by atoms with E-state index in [0.717, 1.165) is 50.5 Å². The van der Waals surface area contributed by atoms with Gasteiger partial charge >= 0.3 is 0 Å². The lowest BCUT2D eigenvalue weighted by molar-refractivity contribution is -0.134. The number of amides is 2. The Hall–Kier alpha value is -1.88. The van der Waals surface area contributed by atoms with Crippen LogP contribution in [0.5, 0.6) is 0 Å². The summed E-state index contributed by atoms with van der Waals surface area (Å²) in [5.74, 6) is 0.130. The van der Waals surface area contributed by atoms with E-state index in [1.807, 2.05) is 35.2 Å². The van der Waals surface area contributed by atoms with Crippen molar-refractivity contribution in [3.63, 3.8) is 0 Å². The number of nitrogens with two attached hydrogens (primary N) is 1. The van der Waals surface area contributed by atoms with Gasteiger partial charge < -0.3 is 16.0 Å². The number of rotatable bonds is 5. The van der Waals surface area contributed by atoms with Gasteiger partial charge in [0.25, 0.3) is 0 Å². The number of carbonyl (C=O) groups excluding carboxylic acids is 2. The molecule has 1 saturated carbocycles. The molecule has 0 bridgehead atoms. The van der Waals surface area contributed by atoms with Crippen LogP contribution in [0.2, 0.25) is 0 Å². The number of nitrogens with zero attached hydrogens (tertiary/aromatic N) is 1. The molecule has 2 amide bonds. The van der Waals surface area contributed by atoms with Crippen molar-refractivity contribution in [2.45, 2.75) is 75.8 Å². The molecule has 1 aliphatic heterocycles. The summed E-state index contributed by atoms with van der Waals surface area (Å²) in [5.41, 5.74) is 6.74. The molecule has 1 atom stereocenters. The first-order chi connectivity index (χ1) is 13.0. The second-order valence-electron chi connectivity index (χ2n) is 8.16. The third-order valence-electron chi connectivity index (χ3n) is 6.25. The van der Waals surface area contributed by atoms with E-state index in [2.05, 4.69) is 12.2 Å². The summed E-state index contributed by atoms with van der Waals surface area (Å²) < 4.78 is 0. The molecule has 0 aromatic heterocycles. The maximum absolute atomic E-state index is 13.0. The molecule has 27 heavy (non-hydrogen) atoms. The van der Waals surface area contributed by atoms with Gasteiger partial charge in [-0.15, -0.1) is 0 Å². The molecule has 1 unspecified atom stereocenters. The van der Waals surface area contributed by atoms with Crippen LogP contribution in [0.4, 0.5) is 0 Å². The van der Waals surface area contributed by atoms with Crippen molar-refractivity contribution < 1.29 is 9.59 Å². The van der Waals surface area contributed by atoms with Crippen molar-refractivity contribution >= 4 is 11.8 Å². The van der Waals surface area contributed by atoms with Gasteiger partial charge in [0.15, 0.2) is 0 Å². The average Bonchev–Trinajstić information content (AvgIpc) is 2.70. The summed E-state index contributed by atoms with van der Waals surface area (Å²) in [5, 5.41) is 3.16. The third kappa shape index (κ3) is 4.70. The van der Waals surface area contributed by atoms with E-state index < -0.39 is 5.54 Å². The van der Waals surface area contributed by atoms with Gasteiger partial charge in [0.1, 0.15) is 0 Å². The van der Waals surface area contributed by atoms with Crippen molar-refractivity contribution in [3.8, 4) is 0 Å². The van der Waals surface area contributed by atoms with Crippen LogP contribution in [0, 0.1) is 0 Å². The van der Waals surface area contributed by atoms with E-state index in [-0.39, 0.29) is 23.8 Å². The first kappa shape index (κ1) is 19.9. The minimum absolute atomic E-state index is 0.00250. The predicted octanol–water partition coefficient (Wildman–Crippen LogP) is 2.95. The average molecular weight is 372 g/mol. The molecule has 0 radical (unpaired) electrons. The van der Waals surface area contributed by atoms with Crippen LogP contribution in [0.15, 0.2) is 30.3 Å². The van der Waals surface area contributed by atoms with Gasteiger partial charge in [-0.2, -0.15) is 0 Å². The Morgan fingerprint density at radius 3 is 2.37 bits per heavy atom. The summed E-state index contributed by atoms with van der Waals surface area (Å²) in [4.78, 5) is 27.6. The highest BCUT2D eigenvalue weighted by atomic mass is 16.2. The van der Waals surface area contributed by atoms with Gasteiger partial charge in [-0.3, -0.25) is 9.59 Å². The van der Waals surface area contributed by atoms with Gasteiger partial charge in [0.2, 0.25) is 11.8 Å². The number of benzene rings is 1. The third-order valence-corrected chi connectivity index (χ3v) is 6.25. The number of piperidine rings is 1. The van der Waals surface area contributed by atoms with Crippen molar-refractivity contribution in [2.75, 3.05) is 13.1 Å². The molecule has 5 nitrogen and oxygen atoms in total. The molecule has 0 spiro atoms. The molecular formula is C22H33N3O2. The predicted molar refractivity (Wildman–Crippen MR) is 107 cm³/mol. The fourth-order valence-electron chi connectivity index (χ4n) is 4.44. The van der Waals surface area contributed by atoms with Gasteiger partial charge in [0, 0.05) is 19.1 Å². The minimum Gasteiger partial charge on any atom is -0.352 e. The largest absolute Gasteiger partial charge is 0.352 e.